The van der Waals surface area contributed by atoms with E-state index in [0.717, 1.165) is 31.8 Å². The summed E-state index contributed by atoms with van der Waals surface area (Å²) in [5.41, 5.74) is 2.07. The van der Waals surface area contributed by atoms with Crippen molar-refractivity contribution in [2.75, 3.05) is 18.5 Å². The number of aryl methyl sites for hydroxylation is 1. The highest BCUT2D eigenvalue weighted by Gasteiger charge is 2.19. The minimum Gasteiger partial charge on any atom is -0.462 e. The molecule has 0 aliphatic carbocycles. The molecule has 2 aromatic carbocycles. The predicted molar refractivity (Wildman–Crippen MR) is 158 cm³/mol. The van der Waals surface area contributed by atoms with Crippen molar-refractivity contribution in [2.45, 2.75) is 91.4 Å². The Bertz CT molecular complexity index is 1080. The molecule has 1 amide bonds. The molecule has 0 saturated carbocycles. The van der Waals surface area contributed by atoms with Gasteiger partial charge in [0, 0.05) is 5.56 Å². The molecular formula is C33H45NO6. The van der Waals surface area contributed by atoms with E-state index in [9.17, 15) is 14.4 Å². The molecule has 0 saturated heterocycles. The molecule has 0 aromatic heterocycles. The van der Waals surface area contributed by atoms with Crippen LogP contribution in [0.3, 0.4) is 0 Å². The van der Waals surface area contributed by atoms with Crippen LogP contribution in [0.1, 0.15) is 101 Å². The summed E-state index contributed by atoms with van der Waals surface area (Å²) in [5.74, 6) is -1.88. The average molecular weight is 552 g/mol. The van der Waals surface area contributed by atoms with E-state index in [-0.39, 0.29) is 30.6 Å². The van der Waals surface area contributed by atoms with Crippen LogP contribution in [-0.4, -0.2) is 31.1 Å². The SMILES string of the molecule is CCCCCCCCc1ccc(C(=O)Nc2ccccc2O/C(=C\C(=O)OCCCC)C(=O)OCCCC)cc1. The first-order valence-corrected chi connectivity index (χ1v) is 14.7. The van der Waals surface area contributed by atoms with Crippen LogP contribution in [0.2, 0.25) is 0 Å². The van der Waals surface area contributed by atoms with Gasteiger partial charge in [0.25, 0.3) is 5.91 Å². The fraction of sp³-hybridized carbons (Fsp3) is 0.485. The maximum Gasteiger partial charge on any atom is 0.374 e. The lowest BCUT2D eigenvalue weighted by atomic mass is 10.0. The van der Waals surface area contributed by atoms with Gasteiger partial charge in [-0.15, -0.1) is 0 Å². The molecule has 2 aromatic rings. The molecule has 7 heteroatoms. The Morgan fingerprint density at radius 2 is 1.35 bits per heavy atom. The van der Waals surface area contributed by atoms with Crippen LogP contribution < -0.4 is 10.1 Å². The Hall–Kier alpha value is -3.61. The molecule has 0 fully saturated rings. The first kappa shape index (κ1) is 32.6. The lowest BCUT2D eigenvalue weighted by Gasteiger charge is -2.14. The van der Waals surface area contributed by atoms with Gasteiger partial charge in [-0.1, -0.05) is 90.0 Å². The first-order valence-electron chi connectivity index (χ1n) is 14.7. The number of para-hydroxylation sites is 2. The van der Waals surface area contributed by atoms with Gasteiger partial charge in [-0.3, -0.25) is 4.79 Å². The average Bonchev–Trinajstić information content (AvgIpc) is 2.96. The summed E-state index contributed by atoms with van der Waals surface area (Å²) in [4.78, 5) is 38.0. The van der Waals surface area contributed by atoms with Gasteiger partial charge in [0.15, 0.2) is 5.75 Å². The topological polar surface area (TPSA) is 90.9 Å². The van der Waals surface area contributed by atoms with Crippen LogP contribution in [-0.2, 0) is 25.5 Å². The molecule has 0 heterocycles. The number of unbranched alkanes of at least 4 members (excludes halogenated alkanes) is 7. The van der Waals surface area contributed by atoms with Gasteiger partial charge in [-0.2, -0.15) is 0 Å². The van der Waals surface area contributed by atoms with Crippen LogP contribution in [0.15, 0.2) is 60.4 Å². The molecule has 0 unspecified atom stereocenters. The second-order valence-electron chi connectivity index (χ2n) is 9.79. The fourth-order valence-corrected chi connectivity index (χ4v) is 3.88. The quantitative estimate of drug-likeness (QED) is 0.0829. The van der Waals surface area contributed by atoms with Crippen LogP contribution in [0, 0.1) is 0 Å². The number of hydrogen-bond donors (Lipinski definition) is 1. The Morgan fingerprint density at radius 1 is 0.725 bits per heavy atom. The summed E-state index contributed by atoms with van der Waals surface area (Å²) in [5, 5.41) is 2.85. The zero-order valence-corrected chi connectivity index (χ0v) is 24.3. The summed E-state index contributed by atoms with van der Waals surface area (Å²) in [7, 11) is 0. The van der Waals surface area contributed by atoms with Gasteiger partial charge in [-0.05, 0) is 55.5 Å². The van der Waals surface area contributed by atoms with Crippen molar-refractivity contribution in [3.63, 3.8) is 0 Å². The molecule has 1 N–H and O–H groups in total. The molecule has 0 aliphatic rings. The minimum atomic E-state index is -0.775. The van der Waals surface area contributed by atoms with Gasteiger partial charge >= 0.3 is 11.9 Å². The van der Waals surface area contributed by atoms with Crippen LogP contribution in [0.25, 0.3) is 0 Å². The third kappa shape index (κ3) is 12.5. The molecule has 218 valence electrons. The number of ether oxygens (including phenoxy) is 3. The summed E-state index contributed by atoms with van der Waals surface area (Å²) < 4.78 is 16.3. The molecular weight excluding hydrogens is 506 g/mol. The van der Waals surface area contributed by atoms with Gasteiger partial charge < -0.3 is 19.5 Å². The number of benzene rings is 2. The zero-order valence-electron chi connectivity index (χ0n) is 24.3. The standard InChI is InChI=1S/C33H45NO6/c1-4-7-10-11-12-13-16-26-19-21-27(22-20-26)32(36)34-28-17-14-15-18-29(28)40-30(33(37)39-24-9-6-3)25-31(35)38-23-8-5-2/h14-15,17-22,25H,4-13,16,23-24H2,1-3H3,(H,34,36)/b30-25-. The van der Waals surface area contributed by atoms with Crippen molar-refractivity contribution in [3.8, 4) is 5.75 Å². The van der Waals surface area contributed by atoms with Crippen molar-refractivity contribution >= 4 is 23.5 Å². The van der Waals surface area contributed by atoms with Crippen molar-refractivity contribution < 1.29 is 28.6 Å². The molecule has 0 radical (unpaired) electrons. The maximum atomic E-state index is 13.0. The molecule has 0 bridgehead atoms. The second kappa shape index (κ2) is 19.4. The Morgan fingerprint density at radius 3 is 2.05 bits per heavy atom. The van der Waals surface area contributed by atoms with E-state index in [0.29, 0.717) is 24.1 Å². The summed E-state index contributed by atoms with van der Waals surface area (Å²) in [6.07, 6.45) is 12.6. The largest absolute Gasteiger partial charge is 0.462 e. The van der Waals surface area contributed by atoms with E-state index in [4.69, 9.17) is 14.2 Å². The number of carbonyl (C=O) groups excluding carboxylic acids is 3. The number of rotatable bonds is 19. The second-order valence-corrected chi connectivity index (χ2v) is 9.79. The van der Waals surface area contributed by atoms with Crippen LogP contribution >= 0.6 is 0 Å². The van der Waals surface area contributed by atoms with E-state index in [1.165, 1.54) is 37.7 Å². The third-order valence-corrected chi connectivity index (χ3v) is 6.31. The summed E-state index contributed by atoms with van der Waals surface area (Å²) in [6, 6.07) is 14.3. The number of anilines is 1. The van der Waals surface area contributed by atoms with Crippen LogP contribution in [0.4, 0.5) is 5.69 Å². The van der Waals surface area contributed by atoms with Crippen molar-refractivity contribution in [2.24, 2.45) is 0 Å². The zero-order chi connectivity index (χ0) is 29.0. The number of carbonyl (C=O) groups is 3. The molecule has 40 heavy (non-hydrogen) atoms. The maximum absolute atomic E-state index is 13.0. The van der Waals surface area contributed by atoms with Gasteiger partial charge in [0.1, 0.15) is 0 Å². The molecule has 0 aliphatic heterocycles. The van der Waals surface area contributed by atoms with Crippen molar-refractivity contribution in [1.82, 2.24) is 0 Å². The summed E-state index contributed by atoms with van der Waals surface area (Å²) in [6.45, 7) is 6.63. The fourth-order valence-electron chi connectivity index (χ4n) is 3.88. The van der Waals surface area contributed by atoms with E-state index in [1.54, 1.807) is 24.3 Å². The predicted octanol–water partition coefficient (Wildman–Crippen LogP) is 7.79. The third-order valence-electron chi connectivity index (χ3n) is 6.31. The smallest absolute Gasteiger partial charge is 0.374 e. The highest BCUT2D eigenvalue weighted by molar-refractivity contribution is 6.05. The Kier molecular flexibility index (Phi) is 15.9. The number of nitrogens with one attached hydrogen (secondary N) is 1. The molecule has 0 spiro atoms. The Labute approximate surface area is 239 Å². The monoisotopic (exact) mass is 551 g/mol. The normalized spacial score (nSPS) is 11.1. The van der Waals surface area contributed by atoms with Crippen molar-refractivity contribution in [3.05, 3.63) is 71.5 Å². The molecule has 7 nitrogen and oxygen atoms in total. The highest BCUT2D eigenvalue weighted by atomic mass is 16.6. The number of amides is 1. The lowest BCUT2D eigenvalue weighted by Crippen LogP contribution is -2.18. The van der Waals surface area contributed by atoms with Crippen LogP contribution in [0.5, 0.6) is 5.75 Å². The summed E-state index contributed by atoms with van der Waals surface area (Å²) >= 11 is 0. The lowest BCUT2D eigenvalue weighted by molar-refractivity contribution is -0.143. The van der Waals surface area contributed by atoms with E-state index < -0.39 is 11.9 Å². The molecule has 2 rings (SSSR count). The number of esters is 2. The van der Waals surface area contributed by atoms with E-state index in [2.05, 4.69) is 12.2 Å². The minimum absolute atomic E-state index is 0.203. The Balaban J connectivity index is 2.07. The van der Waals surface area contributed by atoms with Crippen molar-refractivity contribution in [1.29, 1.82) is 0 Å². The van der Waals surface area contributed by atoms with E-state index in [1.807, 2.05) is 38.1 Å². The van der Waals surface area contributed by atoms with Gasteiger partial charge in [0.2, 0.25) is 5.76 Å². The number of hydrogen-bond acceptors (Lipinski definition) is 6. The highest BCUT2D eigenvalue weighted by Crippen LogP contribution is 2.27. The van der Waals surface area contributed by atoms with Gasteiger partial charge in [0.05, 0.1) is 25.0 Å². The van der Waals surface area contributed by atoms with E-state index >= 15 is 0 Å². The van der Waals surface area contributed by atoms with Gasteiger partial charge in [-0.25, -0.2) is 9.59 Å². The molecule has 0 atom stereocenters. The first-order chi connectivity index (χ1) is 19.5.